The Bertz CT molecular complexity index is 521. The van der Waals surface area contributed by atoms with Crippen molar-refractivity contribution in [2.24, 2.45) is 10.8 Å². The number of aliphatic hydroxyl groups excluding tert-OH is 4. The molecular formula is C30H56O8. The molecule has 38 heavy (non-hydrogen) atoms. The van der Waals surface area contributed by atoms with Gasteiger partial charge in [-0.1, -0.05) is 103 Å². The Morgan fingerprint density at radius 3 is 0.763 bits per heavy atom. The maximum Gasteiger partial charge on any atom is 0.327 e. The van der Waals surface area contributed by atoms with E-state index in [4.69, 9.17) is 10.2 Å². The van der Waals surface area contributed by atoms with E-state index in [0.717, 1.165) is 37.8 Å². The molecule has 0 radical (unpaired) electrons. The first-order chi connectivity index (χ1) is 18.2. The van der Waals surface area contributed by atoms with E-state index in [9.17, 15) is 30.0 Å². The van der Waals surface area contributed by atoms with Crippen molar-refractivity contribution in [3.8, 4) is 0 Å². The molecule has 2 rings (SSSR count). The molecule has 0 aromatic heterocycles. The molecule has 8 nitrogen and oxygen atoms in total. The van der Waals surface area contributed by atoms with Gasteiger partial charge in [0.25, 0.3) is 0 Å². The highest BCUT2D eigenvalue weighted by Gasteiger charge is 2.28. The van der Waals surface area contributed by atoms with Crippen molar-refractivity contribution in [2.75, 3.05) is 26.4 Å². The summed E-state index contributed by atoms with van der Waals surface area (Å²) in [5, 5.41) is 52.7. The average Bonchev–Trinajstić information content (AvgIpc) is 2.95. The second-order valence-corrected chi connectivity index (χ2v) is 10.7. The van der Waals surface area contributed by atoms with Crippen LogP contribution in [0.15, 0.2) is 25.3 Å². The SMILES string of the molecule is C=CC(=O)O.C=CC(=O)O.OCC1(CO)CCCCCCCCC1.OCC1(CO)CCCCCCCCC1. The van der Waals surface area contributed by atoms with Gasteiger partial charge in [-0.25, -0.2) is 9.59 Å². The van der Waals surface area contributed by atoms with E-state index in [1.807, 2.05) is 0 Å². The van der Waals surface area contributed by atoms with Gasteiger partial charge < -0.3 is 30.6 Å². The van der Waals surface area contributed by atoms with Gasteiger partial charge in [0.1, 0.15) is 0 Å². The van der Waals surface area contributed by atoms with E-state index in [1.165, 1.54) is 89.9 Å². The molecule has 2 saturated carbocycles. The summed E-state index contributed by atoms with van der Waals surface area (Å²) in [6.07, 6.45) is 23.4. The number of carbonyl (C=O) groups is 2. The molecule has 0 unspecified atom stereocenters. The largest absolute Gasteiger partial charge is 0.478 e. The Labute approximate surface area is 230 Å². The van der Waals surface area contributed by atoms with Crippen LogP contribution >= 0.6 is 0 Å². The number of hydrogen-bond acceptors (Lipinski definition) is 6. The zero-order valence-corrected chi connectivity index (χ0v) is 23.6. The lowest BCUT2D eigenvalue weighted by atomic mass is 9.78. The molecule has 8 heteroatoms. The summed E-state index contributed by atoms with van der Waals surface area (Å²) in [7, 11) is 0. The van der Waals surface area contributed by atoms with E-state index in [1.54, 1.807) is 0 Å². The molecule has 0 aromatic carbocycles. The van der Waals surface area contributed by atoms with Crippen LogP contribution in [0.5, 0.6) is 0 Å². The maximum atomic E-state index is 9.36. The fraction of sp³-hybridized carbons (Fsp3) is 0.800. The Morgan fingerprint density at radius 1 is 0.474 bits per heavy atom. The van der Waals surface area contributed by atoms with E-state index in [2.05, 4.69) is 13.2 Å². The van der Waals surface area contributed by atoms with Crippen molar-refractivity contribution in [3.05, 3.63) is 25.3 Å². The second-order valence-electron chi connectivity index (χ2n) is 10.7. The lowest BCUT2D eigenvalue weighted by Crippen LogP contribution is -2.30. The van der Waals surface area contributed by atoms with Crippen LogP contribution in [0.2, 0.25) is 0 Å². The molecule has 0 bridgehead atoms. The summed E-state index contributed by atoms with van der Waals surface area (Å²) in [5.74, 6) is -1.96. The summed E-state index contributed by atoms with van der Waals surface area (Å²) < 4.78 is 0. The Balaban J connectivity index is 0. The lowest BCUT2D eigenvalue weighted by Gasteiger charge is -2.30. The number of carboxylic acid groups (broad SMARTS) is 2. The summed E-state index contributed by atoms with van der Waals surface area (Å²) in [6, 6.07) is 0. The van der Waals surface area contributed by atoms with Crippen LogP contribution in [0.3, 0.4) is 0 Å². The molecule has 0 aromatic rings. The standard InChI is InChI=1S/2C12H24O2.2C3H4O2/c2*13-10-12(11-14)8-6-4-2-1-3-5-7-9-12;2*1-2-3(4)5/h2*13-14H,1-11H2;2*2H,1H2,(H,4,5). The van der Waals surface area contributed by atoms with E-state index >= 15 is 0 Å². The first-order valence-corrected chi connectivity index (χ1v) is 14.3. The van der Waals surface area contributed by atoms with Gasteiger partial charge in [-0.05, 0) is 25.7 Å². The van der Waals surface area contributed by atoms with Crippen molar-refractivity contribution >= 4 is 11.9 Å². The summed E-state index contributed by atoms with van der Waals surface area (Å²) in [6.45, 7) is 6.55. The molecule has 0 atom stereocenters. The predicted octanol–water partition coefficient (Wildman–Crippen LogP) is 5.48. The van der Waals surface area contributed by atoms with Crippen molar-refractivity contribution in [1.29, 1.82) is 0 Å². The number of aliphatic carboxylic acids is 2. The second kappa shape index (κ2) is 25.5. The molecule has 2 aliphatic carbocycles. The molecular weight excluding hydrogens is 488 g/mol. The lowest BCUT2D eigenvalue weighted by molar-refractivity contribution is -0.132. The van der Waals surface area contributed by atoms with E-state index < -0.39 is 11.9 Å². The third-order valence-corrected chi connectivity index (χ3v) is 7.52. The van der Waals surface area contributed by atoms with Crippen LogP contribution in [0.4, 0.5) is 0 Å². The number of aliphatic hydroxyl groups is 4. The van der Waals surface area contributed by atoms with Crippen molar-refractivity contribution in [1.82, 2.24) is 0 Å². The first-order valence-electron chi connectivity index (χ1n) is 14.3. The zero-order valence-electron chi connectivity index (χ0n) is 23.6. The van der Waals surface area contributed by atoms with Crippen LogP contribution in [0, 0.1) is 10.8 Å². The topological polar surface area (TPSA) is 156 Å². The minimum atomic E-state index is -0.981. The minimum absolute atomic E-state index is 0.156. The summed E-state index contributed by atoms with van der Waals surface area (Å²) in [4.78, 5) is 18.5. The van der Waals surface area contributed by atoms with E-state index in [-0.39, 0.29) is 37.3 Å². The summed E-state index contributed by atoms with van der Waals surface area (Å²) >= 11 is 0. The highest BCUT2D eigenvalue weighted by molar-refractivity contribution is 5.79. The first kappa shape index (κ1) is 38.4. The Morgan fingerprint density at radius 2 is 0.632 bits per heavy atom. The molecule has 0 aliphatic heterocycles. The number of hydrogen-bond donors (Lipinski definition) is 6. The maximum absolute atomic E-state index is 9.36. The highest BCUT2D eigenvalue weighted by Crippen LogP contribution is 2.33. The third kappa shape index (κ3) is 21.2. The van der Waals surface area contributed by atoms with Gasteiger partial charge in [-0.3, -0.25) is 0 Å². The Hall–Kier alpha value is -1.74. The van der Waals surface area contributed by atoms with Gasteiger partial charge in [0.15, 0.2) is 0 Å². The third-order valence-electron chi connectivity index (χ3n) is 7.52. The van der Waals surface area contributed by atoms with Crippen molar-refractivity contribution in [3.63, 3.8) is 0 Å². The zero-order chi connectivity index (χ0) is 29.1. The van der Waals surface area contributed by atoms with Crippen LogP contribution in [-0.2, 0) is 9.59 Å². The number of carboxylic acids is 2. The predicted molar refractivity (Wildman–Crippen MR) is 152 cm³/mol. The molecule has 0 amide bonds. The molecule has 2 fully saturated rings. The molecule has 0 saturated heterocycles. The average molecular weight is 545 g/mol. The highest BCUT2D eigenvalue weighted by atomic mass is 16.4. The molecule has 0 heterocycles. The van der Waals surface area contributed by atoms with Gasteiger partial charge >= 0.3 is 11.9 Å². The van der Waals surface area contributed by atoms with Gasteiger partial charge in [0, 0.05) is 23.0 Å². The van der Waals surface area contributed by atoms with Crippen LogP contribution in [0.25, 0.3) is 0 Å². The normalized spacial score (nSPS) is 19.7. The van der Waals surface area contributed by atoms with Gasteiger partial charge in [0.2, 0.25) is 0 Å². The van der Waals surface area contributed by atoms with Gasteiger partial charge in [0.05, 0.1) is 26.4 Å². The fourth-order valence-corrected chi connectivity index (χ4v) is 4.75. The van der Waals surface area contributed by atoms with Crippen LogP contribution < -0.4 is 0 Å². The molecule has 224 valence electrons. The summed E-state index contributed by atoms with van der Waals surface area (Å²) in [5.41, 5.74) is -0.339. The quantitative estimate of drug-likeness (QED) is 0.240. The van der Waals surface area contributed by atoms with Crippen molar-refractivity contribution in [2.45, 2.75) is 116 Å². The van der Waals surface area contributed by atoms with Crippen molar-refractivity contribution < 1.29 is 40.2 Å². The molecule has 6 N–H and O–H groups in total. The van der Waals surface area contributed by atoms with E-state index in [0.29, 0.717) is 0 Å². The fourth-order valence-electron chi connectivity index (χ4n) is 4.75. The monoisotopic (exact) mass is 544 g/mol. The molecule has 0 spiro atoms. The van der Waals surface area contributed by atoms with Gasteiger partial charge in [-0.2, -0.15) is 0 Å². The van der Waals surface area contributed by atoms with Gasteiger partial charge in [-0.15, -0.1) is 0 Å². The number of rotatable bonds is 6. The van der Waals surface area contributed by atoms with Crippen LogP contribution in [0.1, 0.15) is 116 Å². The smallest absolute Gasteiger partial charge is 0.327 e. The van der Waals surface area contributed by atoms with Crippen LogP contribution in [-0.4, -0.2) is 69.0 Å². The molecule has 2 aliphatic rings. The minimum Gasteiger partial charge on any atom is -0.478 e. The Kier molecular flexibility index (Phi) is 25.8.